The molecular weight excluding hydrogens is 363 g/mol. The minimum Gasteiger partial charge on any atom is -0.506 e. The fourth-order valence-corrected chi connectivity index (χ4v) is 3.13. The average molecular weight is 370 g/mol. The van der Waals surface area contributed by atoms with Gasteiger partial charge in [-0.15, -0.1) is 0 Å². The predicted molar refractivity (Wildman–Crippen MR) is 79.1 cm³/mol. The molecule has 0 aliphatic rings. The van der Waals surface area contributed by atoms with Crippen molar-refractivity contribution in [2.75, 3.05) is 0 Å². The van der Waals surface area contributed by atoms with Crippen LogP contribution in [0.3, 0.4) is 0 Å². The van der Waals surface area contributed by atoms with Gasteiger partial charge in [-0.2, -0.15) is 8.42 Å². The van der Waals surface area contributed by atoms with E-state index in [1.165, 1.54) is 6.07 Å². The minimum absolute atomic E-state index is 0.102. The van der Waals surface area contributed by atoms with Gasteiger partial charge in [0.1, 0.15) is 26.4 Å². The molecule has 0 saturated carbocycles. The van der Waals surface area contributed by atoms with Crippen LogP contribution >= 0.6 is 34.8 Å². The summed E-state index contributed by atoms with van der Waals surface area (Å²) in [5.74, 6) is -1.14. The zero-order valence-corrected chi connectivity index (χ0v) is 13.1. The second-order valence-corrected chi connectivity index (χ2v) is 6.57. The van der Waals surface area contributed by atoms with Gasteiger partial charge in [-0.05, 0) is 30.3 Å². The first kappa shape index (κ1) is 16.0. The predicted octanol–water partition coefficient (Wildman–Crippen LogP) is 3.83. The van der Waals surface area contributed by atoms with Gasteiger partial charge in [-0.25, -0.2) is 0 Å². The van der Waals surface area contributed by atoms with E-state index >= 15 is 0 Å². The molecule has 0 heterocycles. The van der Waals surface area contributed by atoms with E-state index in [-0.39, 0.29) is 26.6 Å². The molecular formula is C12H7Cl3O5S. The maximum atomic E-state index is 12.1. The van der Waals surface area contributed by atoms with E-state index in [9.17, 15) is 18.6 Å². The van der Waals surface area contributed by atoms with Gasteiger partial charge in [0.25, 0.3) is 0 Å². The fourth-order valence-electron chi connectivity index (χ4n) is 1.44. The number of halogens is 3. The Morgan fingerprint density at radius 2 is 1.52 bits per heavy atom. The van der Waals surface area contributed by atoms with E-state index in [4.69, 9.17) is 39.0 Å². The summed E-state index contributed by atoms with van der Waals surface area (Å²) in [4.78, 5) is -0.518. The molecule has 2 rings (SSSR count). The van der Waals surface area contributed by atoms with Crippen LogP contribution < -0.4 is 4.18 Å². The van der Waals surface area contributed by atoms with Crippen LogP contribution in [0, 0.1) is 0 Å². The van der Waals surface area contributed by atoms with Gasteiger partial charge in [-0.3, -0.25) is 0 Å². The fraction of sp³-hybridized carbons (Fsp3) is 0. The van der Waals surface area contributed by atoms with Crippen LogP contribution in [0.25, 0.3) is 0 Å². The highest BCUT2D eigenvalue weighted by Crippen LogP contribution is 2.39. The van der Waals surface area contributed by atoms with Crippen molar-refractivity contribution in [2.24, 2.45) is 0 Å². The topological polar surface area (TPSA) is 83.8 Å². The standard InChI is InChI=1S/C12H7Cl3O5S/c13-6-1-2-7(16)10(5-6)21(18,19)20-9-4-3-8(17)11(14)12(9)15/h1-5,16-17H. The molecule has 0 radical (unpaired) electrons. The van der Waals surface area contributed by atoms with Gasteiger partial charge in [0.2, 0.25) is 0 Å². The Balaban J connectivity index is 2.47. The molecule has 2 N–H and O–H groups in total. The van der Waals surface area contributed by atoms with Gasteiger partial charge >= 0.3 is 10.1 Å². The first-order chi connectivity index (χ1) is 9.72. The average Bonchev–Trinajstić information content (AvgIpc) is 2.42. The normalized spacial score (nSPS) is 11.4. The zero-order valence-electron chi connectivity index (χ0n) is 10.0. The number of hydrogen-bond donors (Lipinski definition) is 2. The number of hydrogen-bond acceptors (Lipinski definition) is 5. The molecule has 9 heteroatoms. The quantitative estimate of drug-likeness (QED) is 0.803. The van der Waals surface area contributed by atoms with E-state index in [2.05, 4.69) is 0 Å². The van der Waals surface area contributed by atoms with E-state index in [0.29, 0.717) is 0 Å². The SMILES string of the molecule is O=S(=O)(Oc1ccc(O)c(Cl)c1Cl)c1cc(Cl)ccc1O. The van der Waals surface area contributed by atoms with Gasteiger partial charge in [0.15, 0.2) is 5.75 Å². The Bertz CT molecular complexity index is 805. The van der Waals surface area contributed by atoms with E-state index in [1.807, 2.05) is 0 Å². The van der Waals surface area contributed by atoms with Gasteiger partial charge < -0.3 is 14.4 Å². The molecule has 2 aromatic carbocycles. The lowest BCUT2D eigenvalue weighted by atomic mass is 10.3. The molecule has 0 atom stereocenters. The molecule has 112 valence electrons. The van der Waals surface area contributed by atoms with Crippen molar-refractivity contribution in [3.05, 3.63) is 45.4 Å². The second-order valence-electron chi connectivity index (χ2n) is 3.86. The van der Waals surface area contributed by atoms with Gasteiger partial charge in [0, 0.05) is 5.02 Å². The molecule has 0 aromatic heterocycles. The van der Waals surface area contributed by atoms with Crippen molar-refractivity contribution in [1.29, 1.82) is 0 Å². The van der Waals surface area contributed by atoms with Crippen molar-refractivity contribution < 1.29 is 22.8 Å². The molecule has 0 amide bonds. The van der Waals surface area contributed by atoms with Crippen LogP contribution in [0.15, 0.2) is 35.2 Å². The lowest BCUT2D eigenvalue weighted by molar-refractivity contribution is 0.443. The van der Waals surface area contributed by atoms with Crippen LogP contribution in [-0.2, 0) is 10.1 Å². The third-order valence-electron chi connectivity index (χ3n) is 2.42. The first-order valence-electron chi connectivity index (χ1n) is 5.32. The van der Waals surface area contributed by atoms with Crippen LogP contribution in [0.1, 0.15) is 0 Å². The molecule has 0 aliphatic carbocycles. The Labute approximate surface area is 135 Å². The molecule has 0 bridgehead atoms. The first-order valence-corrected chi connectivity index (χ1v) is 7.86. The van der Waals surface area contributed by atoms with E-state index < -0.39 is 20.8 Å². The molecule has 2 aromatic rings. The maximum Gasteiger partial charge on any atom is 0.343 e. The molecule has 0 aliphatic heterocycles. The third-order valence-corrected chi connectivity index (χ3v) is 4.77. The number of aromatic hydroxyl groups is 2. The minimum atomic E-state index is -4.38. The third kappa shape index (κ3) is 3.29. The summed E-state index contributed by atoms with van der Waals surface area (Å²) in [6.07, 6.45) is 0. The highest BCUT2D eigenvalue weighted by atomic mass is 35.5. The summed E-state index contributed by atoms with van der Waals surface area (Å²) < 4.78 is 29.1. The number of phenolic OH excluding ortho intramolecular Hbond substituents is 2. The monoisotopic (exact) mass is 368 g/mol. The Kier molecular flexibility index (Phi) is 4.43. The molecule has 0 fully saturated rings. The number of benzene rings is 2. The summed E-state index contributed by atoms with van der Waals surface area (Å²) in [6.45, 7) is 0. The van der Waals surface area contributed by atoms with Crippen molar-refractivity contribution in [1.82, 2.24) is 0 Å². The van der Waals surface area contributed by atoms with Crippen LogP contribution in [-0.4, -0.2) is 18.6 Å². The largest absolute Gasteiger partial charge is 0.506 e. The van der Waals surface area contributed by atoms with Crippen molar-refractivity contribution in [3.63, 3.8) is 0 Å². The van der Waals surface area contributed by atoms with E-state index in [0.717, 1.165) is 24.3 Å². The van der Waals surface area contributed by atoms with Gasteiger partial charge in [0.05, 0.1) is 0 Å². The Hall–Kier alpha value is -1.34. The smallest absolute Gasteiger partial charge is 0.343 e. The second kappa shape index (κ2) is 5.81. The maximum absolute atomic E-state index is 12.1. The Morgan fingerprint density at radius 1 is 0.905 bits per heavy atom. The molecule has 0 spiro atoms. The summed E-state index contributed by atoms with van der Waals surface area (Å²) in [6, 6.07) is 5.71. The zero-order chi connectivity index (χ0) is 15.8. The number of phenols is 2. The summed E-state index contributed by atoms with van der Waals surface area (Å²) in [7, 11) is -4.38. The number of rotatable bonds is 3. The summed E-state index contributed by atoms with van der Waals surface area (Å²) in [5.41, 5.74) is 0. The summed E-state index contributed by atoms with van der Waals surface area (Å²) >= 11 is 17.2. The van der Waals surface area contributed by atoms with Crippen LogP contribution in [0.5, 0.6) is 17.2 Å². The van der Waals surface area contributed by atoms with Crippen molar-refractivity contribution in [3.8, 4) is 17.2 Å². The molecule has 5 nitrogen and oxygen atoms in total. The highest BCUT2D eigenvalue weighted by molar-refractivity contribution is 7.87. The lowest BCUT2D eigenvalue weighted by Crippen LogP contribution is -2.10. The van der Waals surface area contributed by atoms with Crippen molar-refractivity contribution >= 4 is 44.9 Å². The van der Waals surface area contributed by atoms with Crippen LogP contribution in [0.4, 0.5) is 0 Å². The molecule has 21 heavy (non-hydrogen) atoms. The Morgan fingerprint density at radius 3 is 2.19 bits per heavy atom. The molecule has 0 unspecified atom stereocenters. The lowest BCUT2D eigenvalue weighted by Gasteiger charge is -2.11. The molecule has 0 saturated heterocycles. The van der Waals surface area contributed by atoms with Crippen LogP contribution in [0.2, 0.25) is 15.1 Å². The van der Waals surface area contributed by atoms with E-state index in [1.54, 1.807) is 0 Å². The highest BCUT2D eigenvalue weighted by Gasteiger charge is 2.24. The van der Waals surface area contributed by atoms with Gasteiger partial charge in [-0.1, -0.05) is 34.8 Å². The summed E-state index contributed by atoms with van der Waals surface area (Å²) in [5, 5.41) is 18.5. The van der Waals surface area contributed by atoms with Crippen molar-refractivity contribution in [2.45, 2.75) is 4.90 Å².